The van der Waals surface area contributed by atoms with Gasteiger partial charge in [-0.25, -0.2) is 0 Å². The van der Waals surface area contributed by atoms with Crippen LogP contribution in [-0.2, 0) is 0 Å². The van der Waals surface area contributed by atoms with Crippen LogP contribution in [0.3, 0.4) is 0 Å². The summed E-state index contributed by atoms with van der Waals surface area (Å²) in [5.74, 6) is 0. The van der Waals surface area contributed by atoms with Crippen molar-refractivity contribution in [2.24, 2.45) is 0 Å². The van der Waals surface area contributed by atoms with Crippen LogP contribution in [-0.4, -0.2) is 0 Å². The van der Waals surface area contributed by atoms with Gasteiger partial charge < -0.3 is 5.73 Å². The van der Waals surface area contributed by atoms with Crippen molar-refractivity contribution in [2.75, 3.05) is 5.73 Å². The van der Waals surface area contributed by atoms with Crippen molar-refractivity contribution in [1.29, 1.82) is 0 Å². The second kappa shape index (κ2) is 2.79. The molecule has 0 radical (unpaired) electrons. The highest BCUT2D eigenvalue weighted by atomic mass is 127. The summed E-state index contributed by atoms with van der Waals surface area (Å²) < 4.78 is 1.09. The van der Waals surface area contributed by atoms with Crippen molar-refractivity contribution in [1.82, 2.24) is 0 Å². The van der Waals surface area contributed by atoms with Gasteiger partial charge in [-0.05, 0) is 40.8 Å². The van der Waals surface area contributed by atoms with E-state index in [0.717, 1.165) is 14.2 Å². The molecule has 0 aliphatic carbocycles. The molecule has 0 fully saturated rings. The van der Waals surface area contributed by atoms with E-state index >= 15 is 0 Å². The third-order valence-electron chi connectivity index (χ3n) is 0.972. The fraction of sp³-hybridized carbons (Fsp3) is 0. The summed E-state index contributed by atoms with van der Waals surface area (Å²) in [4.78, 5) is 0.977. The average molecular weight is 251 g/mol. The minimum absolute atomic E-state index is 0.789. The quantitative estimate of drug-likeness (QED) is 0.412. The number of hydrogen-bond acceptors (Lipinski definition) is 2. The molecule has 1 rings (SSSR count). The number of hydrogen-bond donors (Lipinski definition) is 2. The number of anilines is 1. The first-order chi connectivity index (χ1) is 4.20. The molecule has 0 aromatic heterocycles. The van der Waals surface area contributed by atoms with Crippen LogP contribution >= 0.6 is 35.2 Å². The zero-order valence-electron chi connectivity index (χ0n) is 4.63. The first-order valence-corrected chi connectivity index (χ1v) is 3.97. The van der Waals surface area contributed by atoms with Crippen LogP contribution in [0.5, 0.6) is 0 Å². The van der Waals surface area contributed by atoms with Gasteiger partial charge in [0.25, 0.3) is 0 Å². The normalized spacial score (nSPS) is 9.56. The lowest BCUT2D eigenvalue weighted by Crippen LogP contribution is -1.84. The number of halogens is 1. The summed E-state index contributed by atoms with van der Waals surface area (Å²) in [6.07, 6.45) is 0. The maximum Gasteiger partial charge on any atom is 0.0325 e. The standard InChI is InChI=1S/C6H6INS/c7-5-3-4(8)1-2-6(5)9/h1-3,9H,8H2. The van der Waals surface area contributed by atoms with E-state index in [1.54, 1.807) is 0 Å². The highest BCUT2D eigenvalue weighted by Gasteiger charge is 1.92. The Kier molecular flexibility index (Phi) is 2.23. The van der Waals surface area contributed by atoms with Gasteiger partial charge in [0, 0.05) is 14.2 Å². The molecule has 0 amide bonds. The van der Waals surface area contributed by atoms with Gasteiger partial charge in [-0.3, -0.25) is 0 Å². The Hall–Kier alpha value is 0.1000. The predicted molar refractivity (Wildman–Crippen MR) is 50.8 cm³/mol. The Bertz CT molecular complexity index is 224. The molecule has 1 aromatic rings. The number of nitrogens with two attached hydrogens (primary N) is 1. The average Bonchev–Trinajstić information content (AvgIpc) is 1.80. The number of benzene rings is 1. The second-order valence-electron chi connectivity index (χ2n) is 1.71. The smallest absolute Gasteiger partial charge is 0.0325 e. The van der Waals surface area contributed by atoms with E-state index in [0.29, 0.717) is 0 Å². The van der Waals surface area contributed by atoms with Gasteiger partial charge in [-0.15, -0.1) is 12.6 Å². The largest absolute Gasteiger partial charge is 0.399 e. The van der Waals surface area contributed by atoms with Gasteiger partial charge >= 0.3 is 0 Å². The van der Waals surface area contributed by atoms with Crippen molar-refractivity contribution in [3.8, 4) is 0 Å². The molecular formula is C6H6INS. The molecule has 3 heteroatoms. The molecule has 0 spiro atoms. The van der Waals surface area contributed by atoms with Crippen LogP contribution in [0, 0.1) is 3.57 Å². The highest BCUT2D eigenvalue weighted by molar-refractivity contribution is 14.1. The van der Waals surface area contributed by atoms with Crippen LogP contribution in [0.4, 0.5) is 5.69 Å². The molecule has 9 heavy (non-hydrogen) atoms. The third kappa shape index (κ3) is 1.76. The van der Waals surface area contributed by atoms with Crippen molar-refractivity contribution in [3.05, 3.63) is 21.8 Å². The Morgan fingerprint density at radius 1 is 1.44 bits per heavy atom. The molecule has 0 unspecified atom stereocenters. The number of thiol groups is 1. The molecule has 1 nitrogen and oxygen atoms in total. The second-order valence-corrected chi connectivity index (χ2v) is 3.35. The molecule has 1 aromatic carbocycles. The Morgan fingerprint density at radius 2 is 2.11 bits per heavy atom. The summed E-state index contributed by atoms with van der Waals surface area (Å²) in [6.45, 7) is 0. The molecule has 0 heterocycles. The topological polar surface area (TPSA) is 26.0 Å². The van der Waals surface area contributed by atoms with Crippen molar-refractivity contribution in [2.45, 2.75) is 4.90 Å². The van der Waals surface area contributed by atoms with Crippen molar-refractivity contribution >= 4 is 40.9 Å². The lowest BCUT2D eigenvalue weighted by Gasteiger charge is -1.96. The summed E-state index contributed by atoms with van der Waals surface area (Å²) in [7, 11) is 0. The van der Waals surface area contributed by atoms with Crippen LogP contribution in [0.15, 0.2) is 23.1 Å². The molecule has 0 saturated carbocycles. The van der Waals surface area contributed by atoms with E-state index in [4.69, 9.17) is 5.73 Å². The summed E-state index contributed by atoms with van der Waals surface area (Å²) in [6, 6.07) is 5.62. The van der Waals surface area contributed by atoms with Gasteiger partial charge in [0.2, 0.25) is 0 Å². The minimum Gasteiger partial charge on any atom is -0.399 e. The van der Waals surface area contributed by atoms with E-state index < -0.39 is 0 Å². The lowest BCUT2D eigenvalue weighted by atomic mass is 10.3. The molecule has 0 bridgehead atoms. The van der Waals surface area contributed by atoms with Crippen molar-refractivity contribution < 1.29 is 0 Å². The fourth-order valence-electron chi connectivity index (χ4n) is 0.523. The van der Waals surface area contributed by atoms with Gasteiger partial charge in [-0.2, -0.15) is 0 Å². The van der Waals surface area contributed by atoms with Crippen LogP contribution in [0.25, 0.3) is 0 Å². The van der Waals surface area contributed by atoms with Gasteiger partial charge in [-0.1, -0.05) is 0 Å². The van der Waals surface area contributed by atoms with E-state index in [1.807, 2.05) is 18.2 Å². The molecule has 2 N–H and O–H groups in total. The van der Waals surface area contributed by atoms with Crippen LogP contribution < -0.4 is 5.73 Å². The third-order valence-corrected chi connectivity index (χ3v) is 2.68. The first kappa shape index (κ1) is 7.21. The van der Waals surface area contributed by atoms with Gasteiger partial charge in [0.05, 0.1) is 0 Å². The minimum atomic E-state index is 0.789. The number of rotatable bonds is 0. The first-order valence-electron chi connectivity index (χ1n) is 2.44. The lowest BCUT2D eigenvalue weighted by molar-refractivity contribution is 1.42. The zero-order valence-corrected chi connectivity index (χ0v) is 7.69. The van der Waals surface area contributed by atoms with E-state index in [-0.39, 0.29) is 0 Å². The molecule has 0 saturated heterocycles. The summed E-state index contributed by atoms with van der Waals surface area (Å²) in [5.41, 5.74) is 6.28. The van der Waals surface area contributed by atoms with E-state index in [9.17, 15) is 0 Å². The monoisotopic (exact) mass is 251 g/mol. The Labute approximate surface area is 73.2 Å². The Morgan fingerprint density at radius 3 is 2.56 bits per heavy atom. The molecular weight excluding hydrogens is 245 g/mol. The summed E-state index contributed by atoms with van der Waals surface area (Å²) in [5, 5.41) is 0. The maximum atomic E-state index is 5.49. The molecule has 0 aliphatic heterocycles. The summed E-state index contributed by atoms with van der Waals surface area (Å²) >= 11 is 6.38. The predicted octanol–water partition coefficient (Wildman–Crippen LogP) is 2.16. The molecule has 48 valence electrons. The van der Waals surface area contributed by atoms with Crippen LogP contribution in [0.2, 0.25) is 0 Å². The van der Waals surface area contributed by atoms with Crippen LogP contribution in [0.1, 0.15) is 0 Å². The SMILES string of the molecule is Nc1ccc(S)c(I)c1. The highest BCUT2D eigenvalue weighted by Crippen LogP contribution is 2.18. The fourth-order valence-corrected chi connectivity index (χ4v) is 1.20. The molecule has 0 atom stereocenters. The zero-order chi connectivity index (χ0) is 6.85. The van der Waals surface area contributed by atoms with Gasteiger partial charge in [0.15, 0.2) is 0 Å². The number of nitrogen functional groups attached to an aromatic ring is 1. The molecule has 0 aliphatic rings. The van der Waals surface area contributed by atoms with E-state index in [2.05, 4.69) is 35.2 Å². The Balaban J connectivity index is 3.17. The maximum absolute atomic E-state index is 5.49. The van der Waals surface area contributed by atoms with Gasteiger partial charge in [0.1, 0.15) is 0 Å². The van der Waals surface area contributed by atoms with Crippen molar-refractivity contribution in [3.63, 3.8) is 0 Å². The van der Waals surface area contributed by atoms with E-state index in [1.165, 1.54) is 0 Å².